The highest BCUT2D eigenvalue weighted by Gasteiger charge is 2.06. The van der Waals surface area contributed by atoms with Crippen LogP contribution < -0.4 is 5.32 Å². The van der Waals surface area contributed by atoms with Gasteiger partial charge in [-0.15, -0.1) is 0 Å². The lowest BCUT2D eigenvalue weighted by molar-refractivity contribution is 0.0696. The largest absolute Gasteiger partial charge is 0.478 e. The Bertz CT molecular complexity index is 599. The molecule has 0 saturated heterocycles. The topological polar surface area (TPSA) is 49.3 Å². The zero-order valence-electron chi connectivity index (χ0n) is 9.86. The molecule has 0 amide bonds. The first-order valence-corrected chi connectivity index (χ1v) is 5.94. The number of benzene rings is 2. The third-order valence-corrected chi connectivity index (χ3v) is 2.81. The zero-order valence-corrected chi connectivity index (χ0v) is 10.6. The monoisotopic (exact) mass is 279 g/mol. The van der Waals surface area contributed by atoms with Gasteiger partial charge in [0.25, 0.3) is 0 Å². The summed E-state index contributed by atoms with van der Waals surface area (Å²) < 4.78 is 13.2. The number of rotatable bonds is 4. The molecule has 0 bridgehead atoms. The number of anilines is 1. The molecule has 0 aliphatic heterocycles. The molecular formula is C14H11ClFNO2. The average molecular weight is 280 g/mol. The first-order chi connectivity index (χ1) is 9.04. The van der Waals surface area contributed by atoms with Crippen LogP contribution in [0.5, 0.6) is 0 Å². The van der Waals surface area contributed by atoms with Crippen molar-refractivity contribution < 1.29 is 14.3 Å². The number of carbonyl (C=O) groups is 1. The normalized spacial score (nSPS) is 10.2. The molecule has 0 aliphatic carbocycles. The summed E-state index contributed by atoms with van der Waals surface area (Å²) in [7, 11) is 0. The van der Waals surface area contributed by atoms with Gasteiger partial charge in [-0.2, -0.15) is 0 Å². The van der Waals surface area contributed by atoms with E-state index < -0.39 is 11.8 Å². The minimum Gasteiger partial charge on any atom is -0.478 e. The number of nitrogens with one attached hydrogen (secondary N) is 1. The van der Waals surface area contributed by atoms with Crippen LogP contribution in [0.4, 0.5) is 10.1 Å². The summed E-state index contributed by atoms with van der Waals surface area (Å²) in [6, 6.07) is 10.8. The summed E-state index contributed by atoms with van der Waals surface area (Å²) in [4.78, 5) is 10.8. The minimum atomic E-state index is -1.16. The number of hydrogen-bond donors (Lipinski definition) is 2. The van der Waals surface area contributed by atoms with E-state index in [4.69, 9.17) is 16.7 Å². The van der Waals surface area contributed by atoms with Gasteiger partial charge in [0, 0.05) is 17.3 Å². The van der Waals surface area contributed by atoms with Crippen LogP contribution in [0.3, 0.4) is 0 Å². The van der Waals surface area contributed by atoms with E-state index in [1.807, 2.05) is 12.1 Å². The lowest BCUT2D eigenvalue weighted by atomic mass is 10.2. The molecule has 0 radical (unpaired) electrons. The molecule has 19 heavy (non-hydrogen) atoms. The molecule has 0 fully saturated rings. The third-order valence-electron chi connectivity index (χ3n) is 2.55. The summed E-state index contributed by atoms with van der Waals surface area (Å²) in [6.45, 7) is 0.458. The maximum Gasteiger partial charge on any atom is 0.335 e. The van der Waals surface area contributed by atoms with Crippen molar-refractivity contribution in [3.8, 4) is 0 Å². The molecule has 0 unspecified atom stereocenters. The van der Waals surface area contributed by atoms with Crippen molar-refractivity contribution in [3.63, 3.8) is 0 Å². The fourth-order valence-corrected chi connectivity index (χ4v) is 1.75. The molecule has 2 aromatic carbocycles. The first kappa shape index (κ1) is 13.4. The van der Waals surface area contributed by atoms with Gasteiger partial charge in [0.2, 0.25) is 0 Å². The van der Waals surface area contributed by atoms with Gasteiger partial charge in [0.05, 0.1) is 5.56 Å². The molecule has 2 rings (SSSR count). The highest BCUT2D eigenvalue weighted by atomic mass is 35.5. The first-order valence-electron chi connectivity index (χ1n) is 5.57. The molecular weight excluding hydrogens is 269 g/mol. The van der Waals surface area contributed by atoms with Crippen LogP contribution in [-0.4, -0.2) is 11.1 Å². The SMILES string of the molecule is O=C(O)c1cc(F)cc(NCc2ccc(Cl)cc2)c1. The predicted molar refractivity (Wildman–Crippen MR) is 72.1 cm³/mol. The molecule has 0 atom stereocenters. The lowest BCUT2D eigenvalue weighted by Crippen LogP contribution is -2.03. The maximum atomic E-state index is 13.2. The highest BCUT2D eigenvalue weighted by molar-refractivity contribution is 6.30. The summed E-state index contributed by atoms with van der Waals surface area (Å²) in [5.41, 5.74) is 1.30. The van der Waals surface area contributed by atoms with Gasteiger partial charge in [0.1, 0.15) is 5.82 Å². The second-order valence-electron chi connectivity index (χ2n) is 4.01. The van der Waals surface area contributed by atoms with Crippen molar-refractivity contribution >= 4 is 23.3 Å². The molecule has 2 aromatic rings. The Kier molecular flexibility index (Phi) is 4.02. The van der Waals surface area contributed by atoms with Gasteiger partial charge in [-0.1, -0.05) is 23.7 Å². The number of aromatic carboxylic acids is 1. The lowest BCUT2D eigenvalue weighted by Gasteiger charge is -2.08. The predicted octanol–water partition coefficient (Wildman–Crippen LogP) is 3.79. The zero-order chi connectivity index (χ0) is 13.8. The Labute approximate surface area is 114 Å². The van der Waals surface area contributed by atoms with Crippen LogP contribution in [-0.2, 0) is 6.54 Å². The maximum absolute atomic E-state index is 13.2. The molecule has 0 aliphatic rings. The summed E-state index contributed by atoms with van der Waals surface area (Å²) >= 11 is 5.77. The Balaban J connectivity index is 2.11. The summed E-state index contributed by atoms with van der Waals surface area (Å²) in [5.74, 6) is -1.74. The molecule has 98 valence electrons. The van der Waals surface area contributed by atoms with Crippen molar-refractivity contribution in [1.29, 1.82) is 0 Å². The second-order valence-corrected chi connectivity index (χ2v) is 4.45. The van der Waals surface area contributed by atoms with Gasteiger partial charge in [-0.25, -0.2) is 9.18 Å². The van der Waals surface area contributed by atoms with E-state index in [9.17, 15) is 9.18 Å². The van der Waals surface area contributed by atoms with Crippen molar-refractivity contribution in [1.82, 2.24) is 0 Å². The molecule has 2 N–H and O–H groups in total. The third kappa shape index (κ3) is 3.69. The molecule has 0 saturated carbocycles. The van der Waals surface area contributed by atoms with E-state index in [0.717, 1.165) is 11.6 Å². The standard InChI is InChI=1S/C14H11ClFNO2/c15-11-3-1-9(2-4-11)8-17-13-6-10(14(18)19)5-12(16)7-13/h1-7,17H,8H2,(H,18,19). The van der Waals surface area contributed by atoms with E-state index in [-0.39, 0.29) is 5.56 Å². The van der Waals surface area contributed by atoms with Gasteiger partial charge in [-0.05, 0) is 35.9 Å². The number of carboxylic acid groups (broad SMARTS) is 1. The number of carboxylic acids is 1. The van der Waals surface area contributed by atoms with Crippen LogP contribution in [0.2, 0.25) is 5.02 Å². The van der Waals surface area contributed by atoms with Crippen molar-refractivity contribution in [2.24, 2.45) is 0 Å². The molecule has 0 heterocycles. The minimum absolute atomic E-state index is 0.0846. The van der Waals surface area contributed by atoms with Crippen LogP contribution in [0, 0.1) is 5.82 Å². The fourth-order valence-electron chi connectivity index (χ4n) is 1.62. The van der Waals surface area contributed by atoms with Crippen molar-refractivity contribution in [2.45, 2.75) is 6.54 Å². The van der Waals surface area contributed by atoms with Gasteiger partial charge < -0.3 is 10.4 Å². The molecule has 0 aromatic heterocycles. The van der Waals surface area contributed by atoms with Crippen molar-refractivity contribution in [2.75, 3.05) is 5.32 Å². The molecule has 0 spiro atoms. The van der Waals surface area contributed by atoms with E-state index in [2.05, 4.69) is 5.32 Å². The van der Waals surface area contributed by atoms with Gasteiger partial charge in [0.15, 0.2) is 0 Å². The molecule has 3 nitrogen and oxygen atoms in total. The van der Waals surface area contributed by atoms with Crippen LogP contribution in [0.1, 0.15) is 15.9 Å². The van der Waals surface area contributed by atoms with Gasteiger partial charge >= 0.3 is 5.97 Å². The smallest absolute Gasteiger partial charge is 0.335 e. The van der Waals surface area contributed by atoms with E-state index >= 15 is 0 Å². The Morgan fingerprint density at radius 3 is 2.53 bits per heavy atom. The van der Waals surface area contributed by atoms with Crippen LogP contribution >= 0.6 is 11.6 Å². The fraction of sp³-hybridized carbons (Fsp3) is 0.0714. The highest BCUT2D eigenvalue weighted by Crippen LogP contribution is 2.16. The van der Waals surface area contributed by atoms with E-state index in [1.165, 1.54) is 12.1 Å². The Morgan fingerprint density at radius 1 is 1.21 bits per heavy atom. The number of hydrogen-bond acceptors (Lipinski definition) is 2. The van der Waals surface area contributed by atoms with Gasteiger partial charge in [-0.3, -0.25) is 0 Å². The summed E-state index contributed by atoms with van der Waals surface area (Å²) in [5, 5.41) is 12.5. The van der Waals surface area contributed by atoms with E-state index in [0.29, 0.717) is 17.3 Å². The van der Waals surface area contributed by atoms with Crippen LogP contribution in [0.15, 0.2) is 42.5 Å². The average Bonchev–Trinajstić information content (AvgIpc) is 2.37. The Morgan fingerprint density at radius 2 is 1.89 bits per heavy atom. The quantitative estimate of drug-likeness (QED) is 0.895. The number of halogens is 2. The Hall–Kier alpha value is -2.07. The van der Waals surface area contributed by atoms with E-state index in [1.54, 1.807) is 12.1 Å². The summed E-state index contributed by atoms with van der Waals surface area (Å²) in [6.07, 6.45) is 0. The second kappa shape index (κ2) is 5.71. The van der Waals surface area contributed by atoms with Crippen molar-refractivity contribution in [3.05, 3.63) is 64.4 Å². The van der Waals surface area contributed by atoms with Crippen LogP contribution in [0.25, 0.3) is 0 Å². The molecule has 5 heteroatoms.